The van der Waals surface area contributed by atoms with Crippen molar-refractivity contribution in [3.8, 4) is 0 Å². The van der Waals surface area contributed by atoms with Crippen molar-refractivity contribution >= 4 is 27.5 Å². The minimum Gasteiger partial charge on any atom is -0.467 e. The van der Waals surface area contributed by atoms with Crippen LogP contribution in [0.3, 0.4) is 0 Å². The first-order valence-electron chi connectivity index (χ1n) is 5.37. The molecule has 0 aliphatic heterocycles. The SMILES string of the molecule is C[C@@H](NCc1occc1Br)c1cccc(Cl)c1. The number of rotatable bonds is 4. The van der Waals surface area contributed by atoms with E-state index in [-0.39, 0.29) is 6.04 Å². The predicted molar refractivity (Wildman–Crippen MR) is 73.1 cm³/mol. The molecule has 17 heavy (non-hydrogen) atoms. The number of hydrogen-bond donors (Lipinski definition) is 1. The number of nitrogens with one attached hydrogen (secondary N) is 1. The van der Waals surface area contributed by atoms with Gasteiger partial charge < -0.3 is 9.73 Å². The average Bonchev–Trinajstić information content (AvgIpc) is 2.72. The molecule has 2 nitrogen and oxygen atoms in total. The van der Waals surface area contributed by atoms with E-state index in [1.165, 1.54) is 5.56 Å². The average molecular weight is 315 g/mol. The lowest BCUT2D eigenvalue weighted by Crippen LogP contribution is -2.17. The van der Waals surface area contributed by atoms with E-state index in [0.29, 0.717) is 6.54 Å². The molecule has 1 aromatic carbocycles. The van der Waals surface area contributed by atoms with Crippen molar-refractivity contribution in [2.24, 2.45) is 0 Å². The molecule has 2 aromatic rings. The van der Waals surface area contributed by atoms with E-state index in [4.69, 9.17) is 16.0 Å². The fraction of sp³-hybridized carbons (Fsp3) is 0.231. The minimum atomic E-state index is 0.227. The third kappa shape index (κ3) is 3.35. The standard InChI is InChI=1S/C13H13BrClNO/c1-9(10-3-2-4-11(15)7-10)16-8-13-12(14)5-6-17-13/h2-7,9,16H,8H2,1H3/t9-/m1/s1. The number of benzene rings is 1. The molecule has 0 aliphatic rings. The van der Waals surface area contributed by atoms with Crippen LogP contribution in [-0.4, -0.2) is 0 Å². The molecule has 0 fully saturated rings. The Morgan fingerprint density at radius 3 is 2.88 bits per heavy atom. The van der Waals surface area contributed by atoms with Crippen molar-refractivity contribution in [3.05, 3.63) is 57.4 Å². The van der Waals surface area contributed by atoms with E-state index >= 15 is 0 Å². The molecule has 1 heterocycles. The summed E-state index contributed by atoms with van der Waals surface area (Å²) >= 11 is 9.39. The van der Waals surface area contributed by atoms with Crippen molar-refractivity contribution in [1.82, 2.24) is 5.32 Å². The highest BCUT2D eigenvalue weighted by molar-refractivity contribution is 9.10. The van der Waals surface area contributed by atoms with Crippen LogP contribution in [0.4, 0.5) is 0 Å². The van der Waals surface area contributed by atoms with Crippen molar-refractivity contribution in [2.45, 2.75) is 19.5 Å². The van der Waals surface area contributed by atoms with Gasteiger partial charge in [0.1, 0.15) is 5.76 Å². The van der Waals surface area contributed by atoms with Gasteiger partial charge >= 0.3 is 0 Å². The smallest absolute Gasteiger partial charge is 0.131 e. The van der Waals surface area contributed by atoms with Crippen LogP contribution in [0.2, 0.25) is 5.02 Å². The van der Waals surface area contributed by atoms with Crippen LogP contribution in [0.15, 0.2) is 45.5 Å². The Morgan fingerprint density at radius 2 is 2.24 bits per heavy atom. The quantitative estimate of drug-likeness (QED) is 0.896. The van der Waals surface area contributed by atoms with E-state index in [1.54, 1.807) is 6.26 Å². The lowest BCUT2D eigenvalue weighted by atomic mass is 10.1. The summed E-state index contributed by atoms with van der Waals surface area (Å²) in [7, 11) is 0. The molecule has 0 saturated heterocycles. The summed E-state index contributed by atoms with van der Waals surface area (Å²) in [6.45, 7) is 2.78. The highest BCUT2D eigenvalue weighted by atomic mass is 79.9. The number of furan rings is 1. The second-order valence-electron chi connectivity index (χ2n) is 3.85. The van der Waals surface area contributed by atoms with Crippen molar-refractivity contribution in [1.29, 1.82) is 0 Å². The Balaban J connectivity index is 1.98. The Morgan fingerprint density at radius 1 is 1.41 bits per heavy atom. The highest BCUT2D eigenvalue weighted by Gasteiger charge is 2.08. The van der Waals surface area contributed by atoms with Gasteiger partial charge in [-0.25, -0.2) is 0 Å². The first kappa shape index (κ1) is 12.7. The molecule has 90 valence electrons. The van der Waals surface area contributed by atoms with Gasteiger partial charge in [0.15, 0.2) is 0 Å². The molecule has 1 aromatic heterocycles. The molecule has 0 saturated carbocycles. The monoisotopic (exact) mass is 313 g/mol. The van der Waals surface area contributed by atoms with Crippen LogP contribution in [0.5, 0.6) is 0 Å². The Labute approximate surface area is 114 Å². The summed E-state index contributed by atoms with van der Waals surface area (Å²) in [5.74, 6) is 0.902. The summed E-state index contributed by atoms with van der Waals surface area (Å²) in [6.07, 6.45) is 1.67. The zero-order chi connectivity index (χ0) is 12.3. The second kappa shape index (κ2) is 5.71. The van der Waals surface area contributed by atoms with E-state index < -0.39 is 0 Å². The van der Waals surface area contributed by atoms with Gasteiger partial charge in [-0.1, -0.05) is 23.7 Å². The maximum absolute atomic E-state index is 5.96. The van der Waals surface area contributed by atoms with Gasteiger partial charge in [-0.05, 0) is 46.6 Å². The summed E-state index contributed by atoms with van der Waals surface area (Å²) in [5, 5.41) is 4.15. The van der Waals surface area contributed by atoms with Gasteiger partial charge in [0.25, 0.3) is 0 Å². The van der Waals surface area contributed by atoms with Crippen molar-refractivity contribution < 1.29 is 4.42 Å². The van der Waals surface area contributed by atoms with Gasteiger partial charge in [-0.15, -0.1) is 0 Å². The molecule has 0 bridgehead atoms. The molecule has 1 atom stereocenters. The second-order valence-corrected chi connectivity index (χ2v) is 5.14. The molecule has 0 amide bonds. The van der Waals surface area contributed by atoms with Crippen LogP contribution in [-0.2, 0) is 6.54 Å². The summed E-state index contributed by atoms with van der Waals surface area (Å²) < 4.78 is 6.33. The summed E-state index contributed by atoms with van der Waals surface area (Å²) in [6, 6.07) is 9.98. The van der Waals surface area contributed by atoms with E-state index in [2.05, 4.69) is 34.2 Å². The zero-order valence-electron chi connectivity index (χ0n) is 9.41. The third-order valence-corrected chi connectivity index (χ3v) is 3.55. The summed E-state index contributed by atoms with van der Waals surface area (Å²) in [5.41, 5.74) is 1.17. The molecule has 1 N–H and O–H groups in total. The molecule has 0 unspecified atom stereocenters. The van der Waals surface area contributed by atoms with E-state index in [1.807, 2.05) is 24.3 Å². The Bertz CT molecular complexity index is 498. The van der Waals surface area contributed by atoms with E-state index in [0.717, 1.165) is 15.3 Å². The largest absolute Gasteiger partial charge is 0.467 e. The molecule has 4 heteroatoms. The van der Waals surface area contributed by atoms with Crippen molar-refractivity contribution in [3.63, 3.8) is 0 Å². The lowest BCUT2D eigenvalue weighted by molar-refractivity contribution is 0.458. The summed E-state index contributed by atoms with van der Waals surface area (Å²) in [4.78, 5) is 0. The molecular weight excluding hydrogens is 302 g/mol. The molecule has 0 spiro atoms. The van der Waals surface area contributed by atoms with Crippen LogP contribution >= 0.6 is 27.5 Å². The number of hydrogen-bond acceptors (Lipinski definition) is 2. The normalized spacial score (nSPS) is 12.6. The fourth-order valence-electron chi connectivity index (χ4n) is 1.59. The highest BCUT2D eigenvalue weighted by Crippen LogP contribution is 2.20. The Hall–Kier alpha value is -0.770. The van der Waals surface area contributed by atoms with Gasteiger partial charge in [0.05, 0.1) is 17.3 Å². The fourth-order valence-corrected chi connectivity index (χ4v) is 2.13. The first-order chi connectivity index (χ1) is 8.16. The molecule has 0 radical (unpaired) electrons. The van der Waals surface area contributed by atoms with Crippen LogP contribution in [0.1, 0.15) is 24.3 Å². The molecular formula is C13H13BrClNO. The zero-order valence-corrected chi connectivity index (χ0v) is 11.8. The topological polar surface area (TPSA) is 25.2 Å². The van der Waals surface area contributed by atoms with Crippen molar-refractivity contribution in [2.75, 3.05) is 0 Å². The van der Waals surface area contributed by atoms with Gasteiger partial charge in [-0.2, -0.15) is 0 Å². The van der Waals surface area contributed by atoms with Crippen LogP contribution < -0.4 is 5.32 Å². The van der Waals surface area contributed by atoms with E-state index in [9.17, 15) is 0 Å². The minimum absolute atomic E-state index is 0.227. The van der Waals surface area contributed by atoms with Crippen LogP contribution in [0.25, 0.3) is 0 Å². The lowest BCUT2D eigenvalue weighted by Gasteiger charge is -2.13. The van der Waals surface area contributed by atoms with Crippen LogP contribution in [0, 0.1) is 0 Å². The maximum Gasteiger partial charge on any atom is 0.131 e. The molecule has 2 rings (SSSR count). The van der Waals surface area contributed by atoms with Gasteiger partial charge in [-0.3, -0.25) is 0 Å². The van der Waals surface area contributed by atoms with Gasteiger partial charge in [0, 0.05) is 11.1 Å². The molecule has 0 aliphatic carbocycles. The maximum atomic E-state index is 5.96. The third-order valence-electron chi connectivity index (χ3n) is 2.61. The van der Waals surface area contributed by atoms with Gasteiger partial charge in [0.2, 0.25) is 0 Å². The Kier molecular flexibility index (Phi) is 4.26. The number of halogens is 2. The predicted octanol–water partition coefficient (Wildman–Crippen LogP) is 4.55. The first-order valence-corrected chi connectivity index (χ1v) is 6.54.